The van der Waals surface area contributed by atoms with Crippen LogP contribution in [0.2, 0.25) is 0 Å². The van der Waals surface area contributed by atoms with E-state index in [1.54, 1.807) is 0 Å². The first-order valence-corrected chi connectivity index (χ1v) is 7.23. The van der Waals surface area contributed by atoms with Crippen LogP contribution in [0.15, 0.2) is 0 Å². The molecule has 1 fully saturated rings. The van der Waals surface area contributed by atoms with E-state index in [9.17, 15) is 5.11 Å². The van der Waals surface area contributed by atoms with Crippen LogP contribution in [0, 0.1) is 0 Å². The number of fused-ring (bicyclic) bond motifs is 2. The molecule has 3 heterocycles. The zero-order valence-electron chi connectivity index (χ0n) is 11.0. The van der Waals surface area contributed by atoms with Gasteiger partial charge in [-0.25, -0.2) is 0 Å². The maximum Gasteiger partial charge on any atom is 0.165 e. The maximum absolute atomic E-state index is 10.3. The third-order valence-electron chi connectivity index (χ3n) is 4.56. The third-order valence-corrected chi connectivity index (χ3v) is 4.56. The molecule has 2 N–H and O–H groups in total. The van der Waals surface area contributed by atoms with Crippen LogP contribution in [0.3, 0.4) is 0 Å². The van der Waals surface area contributed by atoms with Gasteiger partial charge in [0.05, 0.1) is 13.2 Å². The lowest BCUT2D eigenvalue weighted by molar-refractivity contribution is 0.333. The van der Waals surface area contributed by atoms with Crippen molar-refractivity contribution in [2.75, 3.05) is 26.3 Å². The first-order chi connectivity index (χ1) is 9.36. The van der Waals surface area contributed by atoms with E-state index < -0.39 is 0 Å². The molecule has 1 aromatic rings. The molecule has 4 heteroatoms. The van der Waals surface area contributed by atoms with E-state index in [2.05, 4.69) is 5.32 Å². The largest absolute Gasteiger partial charge is 0.504 e. The molecular weight excluding hydrogens is 242 g/mol. The Labute approximate surface area is 112 Å². The van der Waals surface area contributed by atoms with Gasteiger partial charge in [-0.3, -0.25) is 0 Å². The molecule has 0 bridgehead atoms. The van der Waals surface area contributed by atoms with Gasteiger partial charge in [0.1, 0.15) is 5.75 Å². The highest BCUT2D eigenvalue weighted by atomic mass is 16.5. The number of piperidine rings is 1. The molecule has 102 valence electrons. The number of aromatic hydroxyl groups is 1. The fraction of sp³-hybridized carbons (Fsp3) is 0.600. The van der Waals surface area contributed by atoms with Gasteiger partial charge in [-0.05, 0) is 31.8 Å². The molecule has 1 saturated heterocycles. The van der Waals surface area contributed by atoms with Crippen molar-refractivity contribution in [1.29, 1.82) is 0 Å². The lowest BCUT2D eigenvalue weighted by Crippen LogP contribution is -2.27. The molecule has 0 spiro atoms. The molecule has 0 aliphatic carbocycles. The van der Waals surface area contributed by atoms with Gasteiger partial charge in [-0.2, -0.15) is 0 Å². The number of nitrogens with one attached hydrogen (secondary N) is 1. The summed E-state index contributed by atoms with van der Waals surface area (Å²) in [7, 11) is 0. The van der Waals surface area contributed by atoms with Crippen molar-refractivity contribution in [3.8, 4) is 17.2 Å². The highest BCUT2D eigenvalue weighted by Gasteiger charge is 2.34. The summed E-state index contributed by atoms with van der Waals surface area (Å²) in [6, 6.07) is 0. The molecule has 0 radical (unpaired) electrons. The second-order valence-corrected chi connectivity index (χ2v) is 5.60. The van der Waals surface area contributed by atoms with Gasteiger partial charge in [0.25, 0.3) is 0 Å². The van der Waals surface area contributed by atoms with E-state index in [0.717, 1.165) is 55.8 Å². The van der Waals surface area contributed by atoms with Crippen molar-refractivity contribution in [3.63, 3.8) is 0 Å². The van der Waals surface area contributed by atoms with Gasteiger partial charge >= 0.3 is 0 Å². The summed E-state index contributed by atoms with van der Waals surface area (Å²) in [6.45, 7) is 3.50. The standard InChI is InChI=1S/C15H19NO3/c17-13-11-4-8-18-14(11)12(9-1-5-16-6-2-9)10-3-7-19-15(10)13/h9,16-17H,1-8H2. The van der Waals surface area contributed by atoms with E-state index in [1.807, 2.05) is 0 Å². The number of hydrogen-bond acceptors (Lipinski definition) is 4. The number of hydrogen-bond donors (Lipinski definition) is 2. The van der Waals surface area contributed by atoms with Crippen molar-refractivity contribution in [2.24, 2.45) is 0 Å². The van der Waals surface area contributed by atoms with Crippen LogP contribution in [-0.4, -0.2) is 31.4 Å². The third kappa shape index (κ3) is 1.62. The van der Waals surface area contributed by atoms with E-state index in [4.69, 9.17) is 9.47 Å². The number of rotatable bonds is 1. The van der Waals surface area contributed by atoms with Crippen LogP contribution in [0.25, 0.3) is 0 Å². The molecular formula is C15H19NO3. The maximum atomic E-state index is 10.3. The monoisotopic (exact) mass is 261 g/mol. The number of ether oxygens (including phenoxy) is 2. The summed E-state index contributed by atoms with van der Waals surface area (Å²) in [5, 5.41) is 13.7. The molecule has 3 aliphatic rings. The smallest absolute Gasteiger partial charge is 0.165 e. The SMILES string of the molecule is Oc1c2c(c(C3CCNCC3)c3c1OCC3)OCC2. The number of phenolic OH excluding ortho intramolecular Hbond substituents is 1. The van der Waals surface area contributed by atoms with E-state index in [0.29, 0.717) is 24.9 Å². The van der Waals surface area contributed by atoms with Gasteiger partial charge in [0, 0.05) is 29.5 Å². The predicted octanol–water partition coefficient (Wildman–Crippen LogP) is 1.73. The summed E-state index contributed by atoms with van der Waals surface area (Å²) in [6.07, 6.45) is 3.99. The van der Waals surface area contributed by atoms with Gasteiger partial charge in [0.2, 0.25) is 0 Å². The first-order valence-electron chi connectivity index (χ1n) is 7.23. The summed E-state index contributed by atoms with van der Waals surface area (Å²) < 4.78 is 11.5. The lowest BCUT2D eigenvalue weighted by Gasteiger charge is -2.26. The van der Waals surface area contributed by atoms with E-state index in [-0.39, 0.29) is 0 Å². The minimum absolute atomic E-state index is 0.331. The van der Waals surface area contributed by atoms with Crippen LogP contribution in [0.5, 0.6) is 17.2 Å². The summed E-state index contributed by atoms with van der Waals surface area (Å²) in [5.41, 5.74) is 3.50. The summed E-state index contributed by atoms with van der Waals surface area (Å²) in [5.74, 6) is 2.58. The van der Waals surface area contributed by atoms with Gasteiger partial charge in [-0.1, -0.05) is 0 Å². The molecule has 19 heavy (non-hydrogen) atoms. The molecule has 1 aromatic carbocycles. The number of benzene rings is 1. The van der Waals surface area contributed by atoms with Crippen molar-refractivity contribution < 1.29 is 14.6 Å². The Morgan fingerprint density at radius 1 is 0.947 bits per heavy atom. The molecule has 4 nitrogen and oxygen atoms in total. The van der Waals surface area contributed by atoms with Crippen LogP contribution in [0.4, 0.5) is 0 Å². The van der Waals surface area contributed by atoms with Crippen LogP contribution in [-0.2, 0) is 12.8 Å². The lowest BCUT2D eigenvalue weighted by atomic mass is 9.84. The van der Waals surface area contributed by atoms with Crippen molar-refractivity contribution in [2.45, 2.75) is 31.6 Å². The molecule has 3 aliphatic heterocycles. The van der Waals surface area contributed by atoms with Crippen molar-refractivity contribution in [1.82, 2.24) is 5.32 Å². The number of phenols is 1. The zero-order chi connectivity index (χ0) is 12.8. The Morgan fingerprint density at radius 2 is 1.63 bits per heavy atom. The fourth-order valence-electron chi connectivity index (χ4n) is 3.66. The molecule has 0 amide bonds. The van der Waals surface area contributed by atoms with Crippen LogP contribution < -0.4 is 14.8 Å². The summed E-state index contributed by atoms with van der Waals surface area (Å²) in [4.78, 5) is 0. The van der Waals surface area contributed by atoms with E-state index >= 15 is 0 Å². The Kier molecular flexibility index (Phi) is 2.58. The van der Waals surface area contributed by atoms with Crippen LogP contribution in [0.1, 0.15) is 35.4 Å². The Balaban J connectivity index is 1.89. The minimum atomic E-state index is 0.331. The Hall–Kier alpha value is -1.42. The second kappa shape index (κ2) is 4.30. The van der Waals surface area contributed by atoms with Gasteiger partial charge in [0.15, 0.2) is 11.5 Å². The molecule has 0 atom stereocenters. The highest BCUT2D eigenvalue weighted by molar-refractivity contribution is 5.65. The predicted molar refractivity (Wildman–Crippen MR) is 71.3 cm³/mol. The zero-order valence-corrected chi connectivity index (χ0v) is 11.0. The van der Waals surface area contributed by atoms with Gasteiger partial charge < -0.3 is 19.9 Å². The average molecular weight is 261 g/mol. The highest BCUT2D eigenvalue weighted by Crippen LogP contribution is 2.51. The molecule has 0 aromatic heterocycles. The van der Waals surface area contributed by atoms with E-state index in [1.165, 1.54) is 11.1 Å². The molecule has 0 saturated carbocycles. The second-order valence-electron chi connectivity index (χ2n) is 5.60. The fourth-order valence-corrected chi connectivity index (χ4v) is 3.66. The van der Waals surface area contributed by atoms with Crippen LogP contribution >= 0.6 is 0 Å². The topological polar surface area (TPSA) is 50.7 Å². The van der Waals surface area contributed by atoms with Crippen molar-refractivity contribution >= 4 is 0 Å². The van der Waals surface area contributed by atoms with Crippen molar-refractivity contribution in [3.05, 3.63) is 16.7 Å². The Morgan fingerprint density at radius 3 is 2.42 bits per heavy atom. The Bertz CT molecular complexity index is 486. The first kappa shape index (κ1) is 11.4. The normalized spacial score (nSPS) is 21.7. The van der Waals surface area contributed by atoms with Gasteiger partial charge in [-0.15, -0.1) is 0 Å². The average Bonchev–Trinajstić information content (AvgIpc) is 3.09. The minimum Gasteiger partial charge on any atom is -0.504 e. The quantitative estimate of drug-likeness (QED) is 0.808. The molecule has 0 unspecified atom stereocenters. The molecule has 4 rings (SSSR count). The summed E-state index contributed by atoms with van der Waals surface area (Å²) >= 11 is 0.